The molecule has 0 aliphatic heterocycles. The number of carbonyl (C=O) groups is 1. The molecule has 100 valence electrons. The number of H-pyrrole nitrogens is 1. The highest BCUT2D eigenvalue weighted by Gasteiger charge is 2.08. The lowest BCUT2D eigenvalue weighted by Crippen LogP contribution is -2.03. The molecular formula is C14H16N2O3. The summed E-state index contributed by atoms with van der Waals surface area (Å²) in [7, 11) is 0. The molecule has 5 nitrogen and oxygen atoms in total. The normalized spacial score (nSPS) is 10.4. The molecule has 0 atom stereocenters. The minimum atomic E-state index is -1.03. The SMILES string of the molecule is Cc1ccc(C)c(OCCc2cc(C(=O)O)n[nH]2)c1. The minimum absolute atomic E-state index is 0.0294. The van der Waals surface area contributed by atoms with E-state index in [-0.39, 0.29) is 5.69 Å². The first kappa shape index (κ1) is 13.1. The van der Waals surface area contributed by atoms with Crippen molar-refractivity contribution in [3.8, 4) is 5.75 Å². The maximum Gasteiger partial charge on any atom is 0.356 e. The maximum atomic E-state index is 10.7. The number of nitrogens with zero attached hydrogens (tertiary/aromatic N) is 1. The summed E-state index contributed by atoms with van der Waals surface area (Å²) >= 11 is 0. The average molecular weight is 260 g/mol. The van der Waals surface area contributed by atoms with E-state index >= 15 is 0 Å². The van der Waals surface area contributed by atoms with E-state index in [9.17, 15) is 4.79 Å². The van der Waals surface area contributed by atoms with Crippen molar-refractivity contribution in [2.24, 2.45) is 0 Å². The number of aryl methyl sites for hydroxylation is 2. The Labute approximate surface area is 111 Å². The lowest BCUT2D eigenvalue weighted by atomic mass is 10.1. The van der Waals surface area contributed by atoms with E-state index in [1.165, 1.54) is 6.07 Å². The monoisotopic (exact) mass is 260 g/mol. The van der Waals surface area contributed by atoms with Crippen LogP contribution in [0.4, 0.5) is 0 Å². The molecule has 2 rings (SSSR count). The van der Waals surface area contributed by atoms with Gasteiger partial charge >= 0.3 is 5.97 Å². The summed E-state index contributed by atoms with van der Waals surface area (Å²) in [5, 5.41) is 15.1. The predicted molar refractivity (Wildman–Crippen MR) is 70.7 cm³/mol. The summed E-state index contributed by atoms with van der Waals surface area (Å²) < 4.78 is 5.70. The minimum Gasteiger partial charge on any atom is -0.493 e. The summed E-state index contributed by atoms with van der Waals surface area (Å²) in [6.45, 7) is 4.49. The van der Waals surface area contributed by atoms with Gasteiger partial charge < -0.3 is 9.84 Å². The van der Waals surface area contributed by atoms with Crippen LogP contribution in [0.1, 0.15) is 27.3 Å². The van der Waals surface area contributed by atoms with Crippen molar-refractivity contribution in [2.75, 3.05) is 6.61 Å². The fraction of sp³-hybridized carbons (Fsp3) is 0.286. The van der Waals surface area contributed by atoms with Crippen LogP contribution in [0.5, 0.6) is 5.75 Å². The highest BCUT2D eigenvalue weighted by atomic mass is 16.5. The van der Waals surface area contributed by atoms with E-state index < -0.39 is 5.97 Å². The van der Waals surface area contributed by atoms with Gasteiger partial charge in [0.25, 0.3) is 0 Å². The average Bonchev–Trinajstić information content (AvgIpc) is 2.82. The van der Waals surface area contributed by atoms with E-state index in [2.05, 4.69) is 10.2 Å². The Kier molecular flexibility index (Phi) is 3.85. The molecule has 1 aromatic heterocycles. The zero-order valence-corrected chi connectivity index (χ0v) is 10.9. The molecule has 0 spiro atoms. The molecule has 0 saturated heterocycles. The van der Waals surface area contributed by atoms with Gasteiger partial charge in [-0.1, -0.05) is 12.1 Å². The summed E-state index contributed by atoms with van der Waals surface area (Å²) in [5.41, 5.74) is 3.01. The number of rotatable bonds is 5. The Morgan fingerprint density at radius 3 is 2.84 bits per heavy atom. The van der Waals surface area contributed by atoms with Crippen molar-refractivity contribution >= 4 is 5.97 Å². The number of ether oxygens (including phenoxy) is 1. The number of carboxylic acid groups (broad SMARTS) is 1. The first-order valence-corrected chi connectivity index (χ1v) is 6.04. The lowest BCUT2D eigenvalue weighted by Gasteiger charge is -2.09. The van der Waals surface area contributed by atoms with Gasteiger partial charge in [0.1, 0.15) is 5.75 Å². The number of hydrogen-bond donors (Lipinski definition) is 2. The van der Waals surface area contributed by atoms with Crippen LogP contribution in [-0.2, 0) is 6.42 Å². The largest absolute Gasteiger partial charge is 0.493 e. The number of carboxylic acids is 1. The van der Waals surface area contributed by atoms with Gasteiger partial charge in [0.05, 0.1) is 6.61 Å². The summed E-state index contributed by atoms with van der Waals surface area (Å²) in [5.74, 6) is -0.170. The second kappa shape index (κ2) is 5.56. The van der Waals surface area contributed by atoms with Gasteiger partial charge in [-0.15, -0.1) is 0 Å². The van der Waals surface area contributed by atoms with Crippen LogP contribution in [0.3, 0.4) is 0 Å². The van der Waals surface area contributed by atoms with Gasteiger partial charge in [0, 0.05) is 12.1 Å². The predicted octanol–water partition coefficient (Wildman–Crippen LogP) is 2.35. The Morgan fingerprint density at radius 1 is 1.37 bits per heavy atom. The van der Waals surface area contributed by atoms with E-state index in [0.29, 0.717) is 13.0 Å². The third kappa shape index (κ3) is 3.34. The molecule has 0 amide bonds. The van der Waals surface area contributed by atoms with Gasteiger partial charge in [-0.25, -0.2) is 4.79 Å². The molecule has 0 bridgehead atoms. The van der Waals surface area contributed by atoms with E-state index in [4.69, 9.17) is 9.84 Å². The van der Waals surface area contributed by atoms with Crippen molar-refractivity contribution in [3.05, 3.63) is 46.8 Å². The lowest BCUT2D eigenvalue weighted by molar-refractivity contribution is 0.0690. The van der Waals surface area contributed by atoms with E-state index in [0.717, 1.165) is 22.6 Å². The fourth-order valence-corrected chi connectivity index (χ4v) is 1.73. The van der Waals surface area contributed by atoms with Crippen LogP contribution >= 0.6 is 0 Å². The quantitative estimate of drug-likeness (QED) is 0.865. The van der Waals surface area contributed by atoms with Crippen molar-refractivity contribution in [1.82, 2.24) is 10.2 Å². The summed E-state index contributed by atoms with van der Waals surface area (Å²) in [6, 6.07) is 7.57. The third-order valence-corrected chi connectivity index (χ3v) is 2.82. The Hall–Kier alpha value is -2.30. The molecule has 0 unspecified atom stereocenters. The van der Waals surface area contributed by atoms with Gasteiger partial charge in [-0.2, -0.15) is 5.10 Å². The Balaban J connectivity index is 1.92. The molecule has 2 aromatic rings. The van der Waals surface area contributed by atoms with E-state index in [1.807, 2.05) is 32.0 Å². The van der Waals surface area contributed by atoms with Gasteiger partial charge in [-0.3, -0.25) is 5.10 Å². The highest BCUT2D eigenvalue weighted by molar-refractivity contribution is 5.85. The molecule has 0 fully saturated rings. The number of aromatic nitrogens is 2. The molecule has 0 aliphatic rings. The standard InChI is InChI=1S/C14H16N2O3/c1-9-3-4-10(2)13(7-9)19-6-5-11-8-12(14(17)18)16-15-11/h3-4,7-8H,5-6H2,1-2H3,(H,15,16)(H,17,18). The topological polar surface area (TPSA) is 75.2 Å². The maximum absolute atomic E-state index is 10.7. The number of nitrogens with one attached hydrogen (secondary N) is 1. The number of aromatic amines is 1. The Morgan fingerprint density at radius 2 is 2.16 bits per heavy atom. The first-order chi connectivity index (χ1) is 9.06. The zero-order chi connectivity index (χ0) is 13.8. The molecule has 19 heavy (non-hydrogen) atoms. The highest BCUT2D eigenvalue weighted by Crippen LogP contribution is 2.19. The molecule has 5 heteroatoms. The number of benzene rings is 1. The summed E-state index contributed by atoms with van der Waals surface area (Å²) in [6.07, 6.45) is 0.591. The van der Waals surface area contributed by atoms with Crippen LogP contribution < -0.4 is 4.74 Å². The van der Waals surface area contributed by atoms with Crippen molar-refractivity contribution in [2.45, 2.75) is 20.3 Å². The molecule has 2 N–H and O–H groups in total. The molecular weight excluding hydrogens is 244 g/mol. The second-order valence-corrected chi connectivity index (χ2v) is 4.45. The molecule has 0 saturated carbocycles. The third-order valence-electron chi connectivity index (χ3n) is 2.82. The van der Waals surface area contributed by atoms with Crippen LogP contribution in [0, 0.1) is 13.8 Å². The zero-order valence-electron chi connectivity index (χ0n) is 10.9. The van der Waals surface area contributed by atoms with Gasteiger partial charge in [0.2, 0.25) is 0 Å². The Bertz CT molecular complexity index is 590. The molecule has 0 aliphatic carbocycles. The van der Waals surface area contributed by atoms with Gasteiger partial charge in [-0.05, 0) is 37.1 Å². The van der Waals surface area contributed by atoms with Crippen molar-refractivity contribution < 1.29 is 14.6 Å². The van der Waals surface area contributed by atoms with Crippen LogP contribution in [0.2, 0.25) is 0 Å². The first-order valence-electron chi connectivity index (χ1n) is 6.04. The number of hydrogen-bond acceptors (Lipinski definition) is 3. The fourth-order valence-electron chi connectivity index (χ4n) is 1.73. The smallest absolute Gasteiger partial charge is 0.356 e. The van der Waals surface area contributed by atoms with Crippen molar-refractivity contribution in [1.29, 1.82) is 0 Å². The van der Waals surface area contributed by atoms with Crippen LogP contribution in [0.25, 0.3) is 0 Å². The molecule has 1 heterocycles. The van der Waals surface area contributed by atoms with E-state index in [1.54, 1.807) is 0 Å². The molecule has 0 radical (unpaired) electrons. The van der Waals surface area contributed by atoms with Gasteiger partial charge in [0.15, 0.2) is 5.69 Å². The number of aromatic carboxylic acids is 1. The van der Waals surface area contributed by atoms with Crippen LogP contribution in [0.15, 0.2) is 24.3 Å². The van der Waals surface area contributed by atoms with Crippen LogP contribution in [-0.4, -0.2) is 27.9 Å². The summed E-state index contributed by atoms with van der Waals surface area (Å²) in [4.78, 5) is 10.7. The second-order valence-electron chi connectivity index (χ2n) is 4.45. The van der Waals surface area contributed by atoms with Crippen molar-refractivity contribution in [3.63, 3.8) is 0 Å². The molecule has 1 aromatic carbocycles.